The van der Waals surface area contributed by atoms with Crippen molar-refractivity contribution in [1.82, 2.24) is 0 Å². The molecular formula is C28H31NO4. The lowest BCUT2D eigenvalue weighted by molar-refractivity contribution is -0.136. The van der Waals surface area contributed by atoms with Crippen molar-refractivity contribution in [1.29, 1.82) is 0 Å². The number of aliphatic carboxylic acids is 1. The fourth-order valence-electron chi connectivity index (χ4n) is 7.17. The van der Waals surface area contributed by atoms with Crippen LogP contribution < -0.4 is 5.73 Å². The third-order valence-electron chi connectivity index (χ3n) is 8.70. The highest BCUT2D eigenvalue weighted by Gasteiger charge is 2.57. The number of Topliss-reactive ketones (excluding diaryl/α,β-unsaturated/α-hetero) is 1. The van der Waals surface area contributed by atoms with Gasteiger partial charge in [-0.3, -0.25) is 14.4 Å². The normalized spacial score (nSPS) is 30.3. The monoisotopic (exact) mass is 445 g/mol. The molecule has 3 aliphatic carbocycles. The first kappa shape index (κ1) is 21.9. The van der Waals surface area contributed by atoms with Crippen molar-refractivity contribution in [2.75, 3.05) is 0 Å². The van der Waals surface area contributed by atoms with Crippen LogP contribution in [0.2, 0.25) is 0 Å². The van der Waals surface area contributed by atoms with Crippen LogP contribution in [0.3, 0.4) is 0 Å². The SMILES string of the molecule is CC12CCC3c4ccc(CC(=O)O)cc4CCC3C1CC(Cc1cccc(C(N)=O)c1)C2=O. The van der Waals surface area contributed by atoms with Crippen LogP contribution in [0.15, 0.2) is 42.5 Å². The van der Waals surface area contributed by atoms with Gasteiger partial charge >= 0.3 is 5.97 Å². The van der Waals surface area contributed by atoms with Crippen LogP contribution >= 0.6 is 0 Å². The van der Waals surface area contributed by atoms with E-state index in [1.165, 1.54) is 11.1 Å². The summed E-state index contributed by atoms with van der Waals surface area (Å²) < 4.78 is 0. The van der Waals surface area contributed by atoms with Crippen LogP contribution in [-0.2, 0) is 28.9 Å². The molecule has 3 aliphatic rings. The third-order valence-corrected chi connectivity index (χ3v) is 8.70. The summed E-state index contributed by atoms with van der Waals surface area (Å²) in [4.78, 5) is 36.3. The predicted octanol–water partition coefficient (Wildman–Crippen LogP) is 4.31. The molecule has 0 radical (unpaired) electrons. The van der Waals surface area contributed by atoms with Gasteiger partial charge in [0.1, 0.15) is 5.78 Å². The Balaban J connectivity index is 1.38. The van der Waals surface area contributed by atoms with Crippen LogP contribution in [0, 0.1) is 23.2 Å². The highest BCUT2D eigenvalue weighted by molar-refractivity contribution is 5.93. The minimum absolute atomic E-state index is 0.0128. The molecular weight excluding hydrogens is 414 g/mol. The minimum Gasteiger partial charge on any atom is -0.481 e. The highest BCUT2D eigenvalue weighted by atomic mass is 16.4. The summed E-state index contributed by atoms with van der Waals surface area (Å²) in [7, 11) is 0. The number of aryl methyl sites for hydroxylation is 1. The molecule has 172 valence electrons. The molecule has 5 rings (SSSR count). The molecule has 0 spiro atoms. The van der Waals surface area contributed by atoms with Gasteiger partial charge in [-0.15, -0.1) is 0 Å². The van der Waals surface area contributed by atoms with Crippen LogP contribution in [0.1, 0.15) is 71.1 Å². The second-order valence-electron chi connectivity index (χ2n) is 10.5. The van der Waals surface area contributed by atoms with E-state index in [2.05, 4.69) is 19.1 Å². The summed E-state index contributed by atoms with van der Waals surface area (Å²) in [6, 6.07) is 13.6. The summed E-state index contributed by atoms with van der Waals surface area (Å²) in [6.07, 6.45) is 5.57. The summed E-state index contributed by atoms with van der Waals surface area (Å²) in [5, 5.41) is 9.13. The largest absolute Gasteiger partial charge is 0.481 e. The molecule has 1 amide bonds. The summed E-state index contributed by atoms with van der Waals surface area (Å²) >= 11 is 0. The predicted molar refractivity (Wildman–Crippen MR) is 125 cm³/mol. The Labute approximate surface area is 194 Å². The average Bonchev–Trinajstić information content (AvgIpc) is 3.03. The fraction of sp³-hybridized carbons (Fsp3) is 0.464. The lowest BCUT2D eigenvalue weighted by Gasteiger charge is -2.48. The van der Waals surface area contributed by atoms with Gasteiger partial charge in [-0.05, 0) is 90.7 Å². The van der Waals surface area contributed by atoms with Gasteiger partial charge in [-0.2, -0.15) is 0 Å². The number of fused-ring (bicyclic) bond motifs is 5. The topological polar surface area (TPSA) is 97.5 Å². The van der Waals surface area contributed by atoms with E-state index < -0.39 is 11.9 Å². The number of ketones is 1. The molecule has 2 aromatic carbocycles. The number of hydrogen-bond donors (Lipinski definition) is 2. The lowest BCUT2D eigenvalue weighted by atomic mass is 9.55. The zero-order chi connectivity index (χ0) is 23.3. The van der Waals surface area contributed by atoms with Gasteiger partial charge in [-0.1, -0.05) is 37.3 Å². The quantitative estimate of drug-likeness (QED) is 0.717. The maximum atomic E-state index is 13.6. The Kier molecular flexibility index (Phi) is 5.38. The van der Waals surface area contributed by atoms with Crippen molar-refractivity contribution < 1.29 is 19.5 Å². The van der Waals surface area contributed by atoms with Crippen molar-refractivity contribution in [2.24, 2.45) is 28.9 Å². The van der Waals surface area contributed by atoms with E-state index in [0.29, 0.717) is 35.5 Å². The van der Waals surface area contributed by atoms with Crippen LogP contribution in [0.4, 0.5) is 0 Å². The van der Waals surface area contributed by atoms with E-state index in [9.17, 15) is 14.4 Å². The molecule has 33 heavy (non-hydrogen) atoms. The van der Waals surface area contributed by atoms with Crippen molar-refractivity contribution in [2.45, 2.75) is 57.8 Å². The molecule has 5 nitrogen and oxygen atoms in total. The minimum atomic E-state index is -0.797. The zero-order valence-electron chi connectivity index (χ0n) is 19.0. The number of carboxylic acid groups (broad SMARTS) is 1. The van der Waals surface area contributed by atoms with E-state index in [1.807, 2.05) is 24.3 Å². The molecule has 3 N–H and O–H groups in total. The lowest BCUT2D eigenvalue weighted by Crippen LogP contribution is -2.42. The first-order chi connectivity index (χ1) is 15.8. The van der Waals surface area contributed by atoms with Crippen molar-refractivity contribution in [3.05, 3.63) is 70.3 Å². The number of primary amides is 1. The Morgan fingerprint density at radius 1 is 1.12 bits per heavy atom. The maximum absolute atomic E-state index is 13.6. The number of carbonyl (C=O) groups excluding carboxylic acids is 2. The van der Waals surface area contributed by atoms with Crippen LogP contribution in [0.25, 0.3) is 0 Å². The molecule has 0 saturated heterocycles. The van der Waals surface area contributed by atoms with Crippen molar-refractivity contribution in [3.63, 3.8) is 0 Å². The van der Waals surface area contributed by atoms with E-state index in [0.717, 1.165) is 43.2 Å². The number of rotatable bonds is 5. The molecule has 2 fully saturated rings. The number of carbonyl (C=O) groups is 3. The van der Waals surface area contributed by atoms with Gasteiger partial charge in [-0.25, -0.2) is 0 Å². The standard InChI is InChI=1S/C28H31NO4/c1-28-10-9-22-21-7-5-17(14-25(30)31)11-18(21)6-8-23(22)24(28)15-20(26(28)32)13-16-3-2-4-19(12-16)27(29)33/h2-5,7,11-12,20,22-24H,6,8-10,13-15H2,1H3,(H2,29,33)(H,30,31). The highest BCUT2D eigenvalue weighted by Crippen LogP contribution is 2.61. The Morgan fingerprint density at radius 3 is 2.70 bits per heavy atom. The molecule has 0 heterocycles. The number of amides is 1. The number of nitrogens with two attached hydrogens (primary N) is 1. The second kappa shape index (κ2) is 8.12. The summed E-state index contributed by atoms with van der Waals surface area (Å²) in [5.74, 6) is 0.460. The fourth-order valence-corrected chi connectivity index (χ4v) is 7.17. The van der Waals surface area contributed by atoms with Gasteiger partial charge < -0.3 is 10.8 Å². The Hall–Kier alpha value is -2.95. The van der Waals surface area contributed by atoms with Gasteiger partial charge in [0.25, 0.3) is 0 Å². The maximum Gasteiger partial charge on any atom is 0.307 e. The Morgan fingerprint density at radius 2 is 1.94 bits per heavy atom. The first-order valence-corrected chi connectivity index (χ1v) is 12.0. The summed E-state index contributed by atoms with van der Waals surface area (Å²) in [5.41, 5.74) is 10.2. The van der Waals surface area contributed by atoms with E-state index >= 15 is 0 Å². The van der Waals surface area contributed by atoms with Gasteiger partial charge in [0, 0.05) is 16.9 Å². The number of benzene rings is 2. The van der Waals surface area contributed by atoms with E-state index in [1.54, 1.807) is 6.07 Å². The summed E-state index contributed by atoms with van der Waals surface area (Å²) in [6.45, 7) is 2.18. The Bertz CT molecular complexity index is 1140. The van der Waals surface area contributed by atoms with E-state index in [-0.39, 0.29) is 17.8 Å². The van der Waals surface area contributed by atoms with Crippen LogP contribution in [-0.4, -0.2) is 22.8 Å². The van der Waals surface area contributed by atoms with Gasteiger partial charge in [0.05, 0.1) is 6.42 Å². The molecule has 2 aromatic rings. The smallest absolute Gasteiger partial charge is 0.307 e. The zero-order valence-corrected chi connectivity index (χ0v) is 19.0. The third kappa shape index (κ3) is 3.77. The van der Waals surface area contributed by atoms with Crippen LogP contribution in [0.5, 0.6) is 0 Å². The average molecular weight is 446 g/mol. The number of hydrogen-bond acceptors (Lipinski definition) is 3. The van der Waals surface area contributed by atoms with E-state index in [4.69, 9.17) is 10.8 Å². The van der Waals surface area contributed by atoms with Crippen molar-refractivity contribution in [3.8, 4) is 0 Å². The van der Waals surface area contributed by atoms with Crippen molar-refractivity contribution >= 4 is 17.7 Å². The molecule has 5 heteroatoms. The molecule has 0 bridgehead atoms. The second-order valence-corrected chi connectivity index (χ2v) is 10.5. The molecule has 5 unspecified atom stereocenters. The molecule has 0 aromatic heterocycles. The molecule has 0 aliphatic heterocycles. The molecule has 2 saturated carbocycles. The number of carboxylic acids is 1. The first-order valence-electron chi connectivity index (χ1n) is 12.0. The molecule has 5 atom stereocenters. The van der Waals surface area contributed by atoms with Gasteiger partial charge in [0.2, 0.25) is 5.91 Å². The van der Waals surface area contributed by atoms with Gasteiger partial charge in [0.15, 0.2) is 0 Å².